The van der Waals surface area contributed by atoms with Crippen LogP contribution in [0.25, 0.3) is 11.3 Å². The van der Waals surface area contributed by atoms with Gasteiger partial charge >= 0.3 is 5.97 Å². The maximum atomic E-state index is 11.9. The van der Waals surface area contributed by atoms with Crippen LogP contribution in [0.15, 0.2) is 64.1 Å². The lowest BCUT2D eigenvalue weighted by Gasteiger charge is -2.02. The number of carboxylic acids is 1. The fourth-order valence-electron chi connectivity index (χ4n) is 2.24. The summed E-state index contributed by atoms with van der Waals surface area (Å²) in [5.41, 5.74) is 3.33. The minimum absolute atomic E-state index is 0.0176. The summed E-state index contributed by atoms with van der Waals surface area (Å²) in [6.45, 7) is 0. The van der Waals surface area contributed by atoms with Crippen molar-refractivity contribution in [1.29, 1.82) is 0 Å². The highest BCUT2D eigenvalue weighted by Crippen LogP contribution is 2.26. The Morgan fingerprint density at radius 3 is 2.48 bits per heavy atom. The molecule has 3 rings (SSSR count). The zero-order chi connectivity index (χ0) is 19.4. The summed E-state index contributed by atoms with van der Waals surface area (Å²) in [7, 11) is 0. The number of hydrogen-bond donors (Lipinski definition) is 2. The first kappa shape index (κ1) is 18.7. The van der Waals surface area contributed by atoms with Gasteiger partial charge in [0.25, 0.3) is 5.91 Å². The number of carboxylic acid groups (broad SMARTS) is 1. The second kappa shape index (κ2) is 8.07. The average molecular weight is 403 g/mol. The van der Waals surface area contributed by atoms with Crippen LogP contribution in [0, 0.1) is 0 Å². The van der Waals surface area contributed by atoms with Crippen molar-refractivity contribution in [1.82, 2.24) is 5.43 Å². The SMILES string of the molecule is O=C(N/N=C/c1ccc(-c2ccc(Cl)c(C(=O)O)c2)o1)c1ccc(Cl)cc1. The van der Waals surface area contributed by atoms with Crippen LogP contribution in [0.3, 0.4) is 0 Å². The number of benzene rings is 2. The molecule has 6 nitrogen and oxygen atoms in total. The molecule has 0 aliphatic carbocycles. The summed E-state index contributed by atoms with van der Waals surface area (Å²) in [5, 5.41) is 13.7. The number of aromatic carboxylic acids is 1. The van der Waals surface area contributed by atoms with E-state index in [4.69, 9.17) is 32.7 Å². The Balaban J connectivity index is 1.70. The lowest BCUT2D eigenvalue weighted by atomic mass is 10.1. The number of amides is 1. The van der Waals surface area contributed by atoms with Crippen LogP contribution in [-0.4, -0.2) is 23.2 Å². The monoisotopic (exact) mass is 402 g/mol. The first-order chi connectivity index (χ1) is 12.9. The van der Waals surface area contributed by atoms with Gasteiger partial charge in [0.1, 0.15) is 11.5 Å². The molecule has 136 valence electrons. The van der Waals surface area contributed by atoms with Gasteiger partial charge in [-0.1, -0.05) is 23.2 Å². The van der Waals surface area contributed by atoms with Gasteiger partial charge in [-0.2, -0.15) is 5.10 Å². The van der Waals surface area contributed by atoms with Crippen LogP contribution in [0.1, 0.15) is 26.5 Å². The van der Waals surface area contributed by atoms with E-state index in [-0.39, 0.29) is 10.6 Å². The van der Waals surface area contributed by atoms with Crippen molar-refractivity contribution in [2.24, 2.45) is 5.10 Å². The first-order valence-corrected chi connectivity index (χ1v) is 8.41. The van der Waals surface area contributed by atoms with Crippen molar-refractivity contribution in [2.75, 3.05) is 0 Å². The van der Waals surface area contributed by atoms with E-state index in [2.05, 4.69) is 10.5 Å². The third-order valence-electron chi connectivity index (χ3n) is 3.57. The molecule has 0 aliphatic rings. The molecule has 3 aromatic rings. The highest BCUT2D eigenvalue weighted by molar-refractivity contribution is 6.33. The van der Waals surface area contributed by atoms with Crippen LogP contribution in [0.4, 0.5) is 0 Å². The molecule has 1 heterocycles. The van der Waals surface area contributed by atoms with Crippen molar-refractivity contribution in [3.63, 3.8) is 0 Å². The van der Waals surface area contributed by atoms with E-state index in [0.29, 0.717) is 27.7 Å². The van der Waals surface area contributed by atoms with Gasteiger partial charge in [0, 0.05) is 16.1 Å². The molecule has 1 aromatic heterocycles. The normalized spacial score (nSPS) is 10.9. The molecule has 1 amide bonds. The molecule has 0 unspecified atom stereocenters. The number of carbonyl (C=O) groups is 2. The quantitative estimate of drug-likeness (QED) is 0.477. The number of nitrogens with zero attached hydrogens (tertiary/aromatic N) is 1. The highest BCUT2D eigenvalue weighted by atomic mass is 35.5. The van der Waals surface area contributed by atoms with E-state index < -0.39 is 11.9 Å². The molecule has 0 saturated heterocycles. The van der Waals surface area contributed by atoms with E-state index in [0.717, 1.165) is 0 Å². The number of hydrazone groups is 1. The summed E-state index contributed by atoms with van der Waals surface area (Å²) in [6, 6.07) is 14.2. The van der Waals surface area contributed by atoms with E-state index in [1.807, 2.05) is 0 Å². The van der Waals surface area contributed by atoms with Gasteiger partial charge in [-0.3, -0.25) is 4.79 Å². The minimum Gasteiger partial charge on any atom is -0.478 e. The number of halogens is 2. The second-order valence-electron chi connectivity index (χ2n) is 5.41. The van der Waals surface area contributed by atoms with Gasteiger partial charge in [0.05, 0.1) is 16.8 Å². The van der Waals surface area contributed by atoms with Gasteiger partial charge in [-0.25, -0.2) is 10.2 Å². The summed E-state index contributed by atoms with van der Waals surface area (Å²) < 4.78 is 5.59. The largest absolute Gasteiger partial charge is 0.478 e. The van der Waals surface area contributed by atoms with Gasteiger partial charge in [0.2, 0.25) is 0 Å². The average Bonchev–Trinajstić information content (AvgIpc) is 3.11. The Bertz CT molecular complexity index is 1030. The van der Waals surface area contributed by atoms with Crippen molar-refractivity contribution >= 4 is 41.3 Å². The predicted octanol–water partition coefficient (Wildman–Crippen LogP) is 4.72. The smallest absolute Gasteiger partial charge is 0.337 e. The summed E-state index contributed by atoms with van der Waals surface area (Å²) in [4.78, 5) is 23.1. The van der Waals surface area contributed by atoms with Crippen LogP contribution >= 0.6 is 23.2 Å². The molecule has 0 spiro atoms. The van der Waals surface area contributed by atoms with Crippen molar-refractivity contribution < 1.29 is 19.1 Å². The van der Waals surface area contributed by atoms with Crippen LogP contribution < -0.4 is 5.43 Å². The number of nitrogens with one attached hydrogen (secondary N) is 1. The molecule has 8 heteroatoms. The minimum atomic E-state index is -1.12. The third kappa shape index (κ3) is 4.55. The fraction of sp³-hybridized carbons (Fsp3) is 0. The predicted molar refractivity (Wildman–Crippen MR) is 103 cm³/mol. The highest BCUT2D eigenvalue weighted by Gasteiger charge is 2.12. The number of rotatable bonds is 5. The molecule has 0 saturated carbocycles. The Hall–Kier alpha value is -3.09. The molecular formula is C19H12Cl2N2O4. The molecule has 0 radical (unpaired) electrons. The van der Waals surface area contributed by atoms with E-state index >= 15 is 0 Å². The van der Waals surface area contributed by atoms with E-state index in [1.54, 1.807) is 42.5 Å². The zero-order valence-corrected chi connectivity index (χ0v) is 15.2. The number of hydrogen-bond acceptors (Lipinski definition) is 4. The van der Waals surface area contributed by atoms with Gasteiger partial charge in [-0.05, 0) is 54.6 Å². The van der Waals surface area contributed by atoms with E-state index in [1.165, 1.54) is 18.3 Å². The molecule has 2 N–H and O–H groups in total. The molecular weight excluding hydrogens is 391 g/mol. The number of carbonyl (C=O) groups excluding carboxylic acids is 1. The van der Waals surface area contributed by atoms with Crippen LogP contribution in [-0.2, 0) is 0 Å². The summed E-state index contributed by atoms with van der Waals surface area (Å²) in [6.07, 6.45) is 1.34. The summed E-state index contributed by atoms with van der Waals surface area (Å²) >= 11 is 11.6. The Morgan fingerprint density at radius 1 is 1.04 bits per heavy atom. The van der Waals surface area contributed by atoms with Gasteiger partial charge < -0.3 is 9.52 Å². The molecule has 0 fully saturated rings. The molecule has 0 bridgehead atoms. The molecule has 2 aromatic carbocycles. The zero-order valence-electron chi connectivity index (χ0n) is 13.6. The van der Waals surface area contributed by atoms with Crippen molar-refractivity contribution in [3.05, 3.63) is 81.5 Å². The van der Waals surface area contributed by atoms with Crippen LogP contribution in [0.2, 0.25) is 10.0 Å². The summed E-state index contributed by atoms with van der Waals surface area (Å²) in [5.74, 6) is -0.688. The number of furan rings is 1. The van der Waals surface area contributed by atoms with E-state index in [9.17, 15) is 9.59 Å². The fourth-order valence-corrected chi connectivity index (χ4v) is 2.56. The molecule has 27 heavy (non-hydrogen) atoms. The van der Waals surface area contributed by atoms with Gasteiger partial charge in [-0.15, -0.1) is 0 Å². The topological polar surface area (TPSA) is 91.9 Å². The van der Waals surface area contributed by atoms with Crippen LogP contribution in [0.5, 0.6) is 0 Å². The standard InChI is InChI=1S/C19H12Cl2N2O4/c20-13-4-1-11(2-5-13)18(24)23-22-10-14-6-8-17(27-14)12-3-7-16(21)15(9-12)19(25)26/h1-10H,(H,23,24)(H,25,26)/b22-10+. The Labute approximate surface area is 164 Å². The second-order valence-corrected chi connectivity index (χ2v) is 6.25. The van der Waals surface area contributed by atoms with Crippen molar-refractivity contribution in [3.8, 4) is 11.3 Å². The molecule has 0 atom stereocenters. The maximum absolute atomic E-state index is 11.9. The van der Waals surface area contributed by atoms with Gasteiger partial charge in [0.15, 0.2) is 0 Å². The Kier molecular flexibility index (Phi) is 5.59. The van der Waals surface area contributed by atoms with Crippen molar-refractivity contribution in [2.45, 2.75) is 0 Å². The Morgan fingerprint density at radius 2 is 1.78 bits per heavy atom. The molecule has 0 aliphatic heterocycles. The lowest BCUT2D eigenvalue weighted by molar-refractivity contribution is 0.0697. The maximum Gasteiger partial charge on any atom is 0.337 e. The first-order valence-electron chi connectivity index (χ1n) is 7.66. The third-order valence-corrected chi connectivity index (χ3v) is 4.15. The lowest BCUT2D eigenvalue weighted by Crippen LogP contribution is -2.17.